The summed E-state index contributed by atoms with van der Waals surface area (Å²) in [7, 11) is 3.50. The third-order valence-corrected chi connectivity index (χ3v) is 3.77. The summed E-state index contributed by atoms with van der Waals surface area (Å²) >= 11 is 0. The monoisotopic (exact) mass is 340 g/mol. The molecule has 0 aliphatic carbocycles. The molecular formula is C20H24N2O3. The van der Waals surface area contributed by atoms with Crippen LogP contribution in [-0.2, 0) is 16.0 Å². The van der Waals surface area contributed by atoms with E-state index in [0.717, 1.165) is 5.56 Å². The number of amides is 2. The fraction of sp³-hybridized carbons (Fsp3) is 0.300. The number of nitrogens with zero attached hydrogens (tertiary/aromatic N) is 1. The molecule has 0 radical (unpaired) electrons. The fourth-order valence-electron chi connectivity index (χ4n) is 2.23. The molecule has 0 saturated carbocycles. The molecule has 2 aromatic rings. The van der Waals surface area contributed by atoms with E-state index in [1.54, 1.807) is 25.9 Å². The Morgan fingerprint density at radius 1 is 1.04 bits per heavy atom. The lowest BCUT2D eigenvalue weighted by Gasteiger charge is -2.15. The summed E-state index contributed by atoms with van der Waals surface area (Å²) < 4.78 is 5.61. The second kappa shape index (κ2) is 8.87. The molecule has 1 atom stereocenters. The molecule has 5 heteroatoms. The van der Waals surface area contributed by atoms with Crippen LogP contribution in [0.5, 0.6) is 5.75 Å². The van der Waals surface area contributed by atoms with E-state index in [1.807, 2.05) is 54.6 Å². The molecule has 2 amide bonds. The molecule has 1 N–H and O–H groups in total. The molecule has 2 aromatic carbocycles. The van der Waals surface area contributed by atoms with Crippen molar-refractivity contribution in [2.24, 2.45) is 0 Å². The van der Waals surface area contributed by atoms with E-state index < -0.39 is 6.10 Å². The van der Waals surface area contributed by atoms with Crippen LogP contribution in [0.2, 0.25) is 0 Å². The van der Waals surface area contributed by atoms with Crippen molar-refractivity contribution in [1.82, 2.24) is 4.90 Å². The van der Waals surface area contributed by atoms with E-state index in [9.17, 15) is 9.59 Å². The molecule has 0 aromatic heterocycles. The highest BCUT2D eigenvalue weighted by Gasteiger charge is 2.14. The fourth-order valence-corrected chi connectivity index (χ4v) is 2.23. The molecule has 0 aliphatic heterocycles. The Morgan fingerprint density at radius 3 is 2.28 bits per heavy atom. The Hall–Kier alpha value is -2.82. The van der Waals surface area contributed by atoms with Gasteiger partial charge >= 0.3 is 0 Å². The van der Waals surface area contributed by atoms with Gasteiger partial charge in [-0.2, -0.15) is 0 Å². The predicted molar refractivity (Wildman–Crippen MR) is 98.6 cm³/mol. The number of ether oxygens (including phenoxy) is 1. The number of hydrogen-bond donors (Lipinski definition) is 1. The first-order chi connectivity index (χ1) is 12.0. The lowest BCUT2D eigenvalue weighted by molar-refractivity contribution is -0.128. The maximum Gasteiger partial charge on any atom is 0.265 e. The van der Waals surface area contributed by atoms with Crippen LogP contribution in [0.1, 0.15) is 18.9 Å². The number of nitrogens with one attached hydrogen (secondary N) is 1. The van der Waals surface area contributed by atoms with Gasteiger partial charge in [0.1, 0.15) is 5.75 Å². The zero-order valence-electron chi connectivity index (χ0n) is 14.9. The topological polar surface area (TPSA) is 58.6 Å². The van der Waals surface area contributed by atoms with Crippen molar-refractivity contribution in [3.8, 4) is 5.75 Å². The second-order valence-electron chi connectivity index (χ2n) is 6.05. The van der Waals surface area contributed by atoms with Crippen molar-refractivity contribution in [3.05, 3.63) is 60.2 Å². The molecule has 25 heavy (non-hydrogen) atoms. The van der Waals surface area contributed by atoms with Crippen molar-refractivity contribution in [2.75, 3.05) is 19.4 Å². The van der Waals surface area contributed by atoms with Gasteiger partial charge in [-0.05, 0) is 43.2 Å². The SMILES string of the molecule is C[C@H](Oc1ccccc1)C(=O)Nc1ccc(CCC(=O)N(C)C)cc1. The van der Waals surface area contributed by atoms with E-state index in [-0.39, 0.29) is 11.8 Å². The average molecular weight is 340 g/mol. The number of anilines is 1. The molecule has 0 bridgehead atoms. The van der Waals surface area contributed by atoms with Crippen LogP contribution in [0.25, 0.3) is 0 Å². The summed E-state index contributed by atoms with van der Waals surface area (Å²) in [6.07, 6.45) is 0.555. The number of benzene rings is 2. The van der Waals surface area contributed by atoms with Crippen molar-refractivity contribution < 1.29 is 14.3 Å². The van der Waals surface area contributed by atoms with E-state index in [1.165, 1.54) is 0 Å². The Bertz CT molecular complexity index is 697. The Balaban J connectivity index is 1.85. The molecule has 0 fully saturated rings. The summed E-state index contributed by atoms with van der Waals surface area (Å²) in [5, 5.41) is 2.83. The van der Waals surface area contributed by atoms with Gasteiger partial charge in [0.05, 0.1) is 0 Å². The van der Waals surface area contributed by atoms with Crippen LogP contribution < -0.4 is 10.1 Å². The third-order valence-electron chi connectivity index (χ3n) is 3.77. The van der Waals surface area contributed by atoms with Crippen molar-refractivity contribution in [2.45, 2.75) is 25.9 Å². The van der Waals surface area contributed by atoms with Crippen LogP contribution in [0.15, 0.2) is 54.6 Å². The largest absolute Gasteiger partial charge is 0.481 e. The van der Waals surface area contributed by atoms with Crippen molar-refractivity contribution >= 4 is 17.5 Å². The zero-order chi connectivity index (χ0) is 18.2. The smallest absolute Gasteiger partial charge is 0.265 e. The summed E-state index contributed by atoms with van der Waals surface area (Å²) in [5.41, 5.74) is 1.76. The molecule has 0 heterocycles. The lowest BCUT2D eigenvalue weighted by Crippen LogP contribution is -2.30. The molecule has 2 rings (SSSR count). The van der Waals surface area contributed by atoms with Gasteiger partial charge in [0.15, 0.2) is 6.10 Å². The van der Waals surface area contributed by atoms with E-state index in [2.05, 4.69) is 5.32 Å². The Morgan fingerprint density at radius 2 is 1.68 bits per heavy atom. The molecule has 0 unspecified atom stereocenters. The predicted octanol–water partition coefficient (Wildman–Crippen LogP) is 3.11. The highest BCUT2D eigenvalue weighted by Crippen LogP contribution is 2.14. The zero-order valence-corrected chi connectivity index (χ0v) is 14.9. The van der Waals surface area contributed by atoms with Crippen LogP contribution in [-0.4, -0.2) is 36.9 Å². The van der Waals surface area contributed by atoms with Crippen LogP contribution in [0.3, 0.4) is 0 Å². The molecular weight excluding hydrogens is 316 g/mol. The Kier molecular flexibility index (Phi) is 6.57. The number of para-hydroxylation sites is 1. The van der Waals surface area contributed by atoms with Gasteiger partial charge in [-0.25, -0.2) is 0 Å². The number of aryl methyl sites for hydroxylation is 1. The van der Waals surface area contributed by atoms with Gasteiger partial charge in [-0.15, -0.1) is 0 Å². The minimum atomic E-state index is -0.597. The summed E-state index contributed by atoms with van der Waals surface area (Å²) in [4.78, 5) is 25.4. The number of rotatable bonds is 7. The van der Waals surface area contributed by atoms with Gasteiger partial charge in [0, 0.05) is 26.2 Å². The summed E-state index contributed by atoms with van der Waals surface area (Å²) in [5.74, 6) is 0.551. The standard InChI is InChI=1S/C20H24N2O3/c1-15(25-18-7-5-4-6-8-18)20(24)21-17-12-9-16(10-13-17)11-14-19(23)22(2)3/h4-10,12-13,15H,11,14H2,1-3H3,(H,21,24)/t15-/m0/s1. The highest BCUT2D eigenvalue weighted by atomic mass is 16.5. The van der Waals surface area contributed by atoms with Crippen LogP contribution in [0, 0.1) is 0 Å². The maximum atomic E-state index is 12.2. The highest BCUT2D eigenvalue weighted by molar-refractivity contribution is 5.94. The van der Waals surface area contributed by atoms with Crippen LogP contribution in [0.4, 0.5) is 5.69 Å². The third kappa shape index (κ3) is 5.95. The molecule has 0 saturated heterocycles. The minimum absolute atomic E-state index is 0.101. The van der Waals surface area contributed by atoms with Crippen molar-refractivity contribution in [1.29, 1.82) is 0 Å². The summed E-state index contributed by atoms with van der Waals surface area (Å²) in [6, 6.07) is 16.7. The van der Waals surface area contributed by atoms with Crippen molar-refractivity contribution in [3.63, 3.8) is 0 Å². The number of carbonyl (C=O) groups excluding carboxylic acids is 2. The van der Waals surface area contributed by atoms with E-state index in [0.29, 0.717) is 24.3 Å². The van der Waals surface area contributed by atoms with Gasteiger partial charge in [-0.3, -0.25) is 9.59 Å². The second-order valence-corrected chi connectivity index (χ2v) is 6.05. The van der Waals surface area contributed by atoms with Gasteiger partial charge in [0.25, 0.3) is 5.91 Å². The number of carbonyl (C=O) groups is 2. The molecule has 5 nitrogen and oxygen atoms in total. The van der Waals surface area contributed by atoms with E-state index in [4.69, 9.17) is 4.74 Å². The quantitative estimate of drug-likeness (QED) is 0.842. The normalized spacial score (nSPS) is 11.5. The van der Waals surface area contributed by atoms with Gasteiger partial charge in [0.2, 0.25) is 5.91 Å². The van der Waals surface area contributed by atoms with E-state index >= 15 is 0 Å². The van der Waals surface area contributed by atoms with Gasteiger partial charge in [-0.1, -0.05) is 30.3 Å². The Labute approximate surface area is 148 Å². The van der Waals surface area contributed by atoms with Crippen LogP contribution >= 0.6 is 0 Å². The lowest BCUT2D eigenvalue weighted by atomic mass is 10.1. The average Bonchev–Trinajstić information content (AvgIpc) is 2.61. The molecule has 132 valence electrons. The van der Waals surface area contributed by atoms with Gasteiger partial charge < -0.3 is 15.0 Å². The molecule has 0 aliphatic rings. The first-order valence-corrected chi connectivity index (χ1v) is 8.27. The first kappa shape index (κ1) is 18.5. The minimum Gasteiger partial charge on any atom is -0.481 e. The maximum absolute atomic E-state index is 12.2. The summed E-state index contributed by atoms with van der Waals surface area (Å²) in [6.45, 7) is 1.71. The number of hydrogen-bond acceptors (Lipinski definition) is 3. The molecule has 0 spiro atoms. The first-order valence-electron chi connectivity index (χ1n) is 8.27.